The van der Waals surface area contributed by atoms with Crippen LogP contribution in [0.15, 0.2) is 34.2 Å². The first-order valence-electron chi connectivity index (χ1n) is 8.08. The summed E-state index contributed by atoms with van der Waals surface area (Å²) in [5.74, 6) is 1.53. The summed E-state index contributed by atoms with van der Waals surface area (Å²) in [6.45, 7) is 8.59. The van der Waals surface area contributed by atoms with Gasteiger partial charge in [-0.05, 0) is 18.7 Å². The molecule has 0 amide bonds. The van der Waals surface area contributed by atoms with E-state index in [-0.39, 0.29) is 0 Å². The van der Waals surface area contributed by atoms with Gasteiger partial charge in [0.1, 0.15) is 11.4 Å². The van der Waals surface area contributed by atoms with Crippen LogP contribution in [-0.2, 0) is 11.4 Å². The van der Waals surface area contributed by atoms with Gasteiger partial charge in [-0.1, -0.05) is 19.1 Å². The highest BCUT2D eigenvalue weighted by atomic mass is 32.2. The molecule has 0 aromatic heterocycles. The predicted octanol–water partition coefficient (Wildman–Crippen LogP) is 1.03. The summed E-state index contributed by atoms with van der Waals surface area (Å²) in [7, 11) is 1.61. The number of hydrogen-bond acceptors (Lipinski definition) is 6. The molecular weight excluding hydrogens is 312 g/mol. The molecule has 6 nitrogen and oxygen atoms in total. The van der Waals surface area contributed by atoms with Gasteiger partial charge >= 0.3 is 0 Å². The van der Waals surface area contributed by atoms with E-state index in [2.05, 4.69) is 21.7 Å². The smallest absolute Gasteiger partial charge is 0.240 e. The number of likely N-dealkylation sites (N-methyl/N-ethyl adjacent to an activating group) is 1. The van der Waals surface area contributed by atoms with Crippen LogP contribution in [0.3, 0.4) is 0 Å². The van der Waals surface area contributed by atoms with Crippen molar-refractivity contribution in [2.24, 2.45) is 4.99 Å². The number of para-hydroxylation sites is 1. The van der Waals surface area contributed by atoms with E-state index in [0.717, 1.165) is 38.7 Å². The average Bonchev–Trinajstić information content (AvgIpc) is 3.10. The van der Waals surface area contributed by atoms with Crippen molar-refractivity contribution in [3.05, 3.63) is 24.3 Å². The number of aliphatic imine (C=N–C) groups is 1. The molecule has 1 unspecified atom stereocenters. The van der Waals surface area contributed by atoms with Crippen LogP contribution in [0.5, 0.6) is 5.75 Å². The zero-order valence-corrected chi connectivity index (χ0v) is 14.6. The molecule has 0 spiro atoms. The molecular formula is C16H24N4O2S. The van der Waals surface area contributed by atoms with Gasteiger partial charge in [-0.15, -0.1) is 0 Å². The zero-order valence-electron chi connectivity index (χ0n) is 13.8. The molecule has 2 aliphatic rings. The van der Waals surface area contributed by atoms with Crippen LogP contribution in [0.4, 0.5) is 0 Å². The van der Waals surface area contributed by atoms with Gasteiger partial charge in [-0.2, -0.15) is 4.31 Å². The lowest BCUT2D eigenvalue weighted by molar-refractivity contribution is 0.184. The Labute approximate surface area is 141 Å². The Morgan fingerprint density at radius 1 is 1.17 bits per heavy atom. The molecule has 1 atom stereocenters. The van der Waals surface area contributed by atoms with Gasteiger partial charge < -0.3 is 19.1 Å². The van der Waals surface area contributed by atoms with Gasteiger partial charge in [0, 0.05) is 26.2 Å². The number of benzene rings is 1. The second-order valence-corrected chi connectivity index (χ2v) is 6.98. The van der Waals surface area contributed by atoms with Gasteiger partial charge in [0.25, 0.3) is 0 Å². The number of methoxy groups -OCH3 is 1. The fourth-order valence-corrected chi connectivity index (χ4v) is 4.31. The van der Waals surface area contributed by atoms with Crippen LogP contribution in [0.2, 0.25) is 0 Å². The summed E-state index contributed by atoms with van der Waals surface area (Å²) in [6, 6.07) is 7.49. The molecule has 7 heteroatoms. The van der Waals surface area contributed by atoms with Crippen molar-refractivity contribution in [1.29, 1.82) is 0 Å². The highest BCUT2D eigenvalue weighted by Gasteiger charge is 2.35. The second kappa shape index (κ2) is 7.42. The van der Waals surface area contributed by atoms with Crippen LogP contribution in [0, 0.1) is 0 Å². The van der Waals surface area contributed by atoms with Gasteiger partial charge in [0.05, 0.1) is 20.2 Å². The lowest BCUT2D eigenvalue weighted by Gasteiger charge is -2.37. The fraction of sp³-hybridized carbons (Fsp3) is 0.562. The minimum atomic E-state index is -1.29. The van der Waals surface area contributed by atoms with Crippen molar-refractivity contribution in [2.75, 3.05) is 52.9 Å². The minimum Gasteiger partial charge on any atom is -0.588 e. The Kier molecular flexibility index (Phi) is 5.30. The fourth-order valence-electron chi connectivity index (χ4n) is 2.98. The largest absolute Gasteiger partial charge is 0.588 e. The van der Waals surface area contributed by atoms with E-state index in [0.29, 0.717) is 23.7 Å². The average molecular weight is 336 g/mol. The van der Waals surface area contributed by atoms with Crippen molar-refractivity contribution < 1.29 is 9.29 Å². The molecule has 23 heavy (non-hydrogen) atoms. The van der Waals surface area contributed by atoms with Gasteiger partial charge in [-0.25, -0.2) is 4.99 Å². The molecule has 0 aliphatic carbocycles. The molecule has 2 heterocycles. The molecule has 0 radical (unpaired) electrons. The van der Waals surface area contributed by atoms with E-state index in [1.165, 1.54) is 0 Å². The predicted molar refractivity (Wildman–Crippen MR) is 92.1 cm³/mol. The normalized spacial score (nSPS) is 20.6. The number of hydrogen-bond donors (Lipinski definition) is 0. The monoisotopic (exact) mass is 336 g/mol. The van der Waals surface area contributed by atoms with Crippen LogP contribution >= 0.6 is 0 Å². The third-order valence-electron chi connectivity index (χ3n) is 4.34. The van der Waals surface area contributed by atoms with Crippen LogP contribution in [-0.4, -0.2) is 77.5 Å². The zero-order chi connectivity index (χ0) is 16.2. The van der Waals surface area contributed by atoms with Gasteiger partial charge in [-0.3, -0.25) is 0 Å². The number of piperazine rings is 1. The maximum Gasteiger partial charge on any atom is 0.240 e. The van der Waals surface area contributed by atoms with Crippen LogP contribution in [0.25, 0.3) is 0 Å². The van der Waals surface area contributed by atoms with E-state index < -0.39 is 11.4 Å². The number of nitrogens with zero attached hydrogens (tertiary/aromatic N) is 4. The number of ether oxygens (including phenoxy) is 1. The summed E-state index contributed by atoms with van der Waals surface area (Å²) >= 11 is -1.29. The minimum absolute atomic E-state index is 0.660. The standard InChI is InChI=1S/C16H24N4O2S/c1-3-18-10-12-19(13-11-18)16-17-8-9-20(16)23(21)15-7-5-4-6-14(15)22-2/h4-7H,3,8-13H2,1-2H3. The number of rotatable bonds is 4. The Morgan fingerprint density at radius 3 is 2.61 bits per heavy atom. The van der Waals surface area contributed by atoms with Gasteiger partial charge in [0.2, 0.25) is 10.9 Å². The Hall–Kier alpha value is -1.44. The van der Waals surface area contributed by atoms with Crippen molar-refractivity contribution in [1.82, 2.24) is 14.1 Å². The maximum absolute atomic E-state index is 13.0. The van der Waals surface area contributed by atoms with Gasteiger partial charge in [0.15, 0.2) is 5.75 Å². The molecule has 2 aliphatic heterocycles. The summed E-state index contributed by atoms with van der Waals surface area (Å²) < 4.78 is 20.3. The molecule has 126 valence electrons. The second-order valence-electron chi connectivity index (χ2n) is 5.61. The molecule has 0 saturated carbocycles. The molecule has 1 aromatic rings. The van der Waals surface area contributed by atoms with E-state index in [1.54, 1.807) is 7.11 Å². The van der Waals surface area contributed by atoms with Crippen molar-refractivity contribution >= 4 is 17.3 Å². The highest BCUT2D eigenvalue weighted by molar-refractivity contribution is 7.89. The highest BCUT2D eigenvalue weighted by Crippen LogP contribution is 2.28. The lowest BCUT2D eigenvalue weighted by Crippen LogP contribution is -2.53. The van der Waals surface area contributed by atoms with Crippen molar-refractivity contribution in [3.63, 3.8) is 0 Å². The molecule has 1 fully saturated rings. The molecule has 0 bridgehead atoms. The van der Waals surface area contributed by atoms with Crippen LogP contribution < -0.4 is 4.74 Å². The summed E-state index contributed by atoms with van der Waals surface area (Å²) in [6.07, 6.45) is 0. The maximum atomic E-state index is 13.0. The molecule has 0 N–H and O–H groups in total. The quantitative estimate of drug-likeness (QED) is 0.769. The molecule has 1 saturated heterocycles. The SMILES string of the molecule is CCN1CCN(C2=NCCN2[S+]([O-])c2ccccc2OC)CC1. The van der Waals surface area contributed by atoms with E-state index >= 15 is 0 Å². The third-order valence-corrected chi connectivity index (χ3v) is 5.80. The summed E-state index contributed by atoms with van der Waals surface area (Å²) in [4.78, 5) is 10.00. The first kappa shape index (κ1) is 16.4. The van der Waals surface area contributed by atoms with Crippen molar-refractivity contribution in [3.8, 4) is 5.75 Å². The number of guanidine groups is 1. The Bertz CT molecular complexity index is 561. The summed E-state index contributed by atoms with van der Waals surface area (Å²) in [5.41, 5.74) is 0. The third kappa shape index (κ3) is 3.41. The lowest BCUT2D eigenvalue weighted by atomic mass is 10.3. The first-order valence-corrected chi connectivity index (χ1v) is 9.19. The Balaban J connectivity index is 1.73. The van der Waals surface area contributed by atoms with Crippen molar-refractivity contribution in [2.45, 2.75) is 11.8 Å². The topological polar surface area (TPSA) is 54.4 Å². The van der Waals surface area contributed by atoms with Crippen LogP contribution in [0.1, 0.15) is 6.92 Å². The van der Waals surface area contributed by atoms with E-state index in [4.69, 9.17) is 4.74 Å². The van der Waals surface area contributed by atoms with E-state index in [1.807, 2.05) is 28.6 Å². The van der Waals surface area contributed by atoms with E-state index in [9.17, 15) is 4.55 Å². The summed E-state index contributed by atoms with van der Waals surface area (Å²) in [5, 5.41) is 0. The Morgan fingerprint density at radius 2 is 1.91 bits per heavy atom. The first-order chi connectivity index (χ1) is 11.2. The molecule has 1 aromatic carbocycles. The molecule has 3 rings (SSSR count).